The molecule has 0 aliphatic heterocycles. The maximum Gasteiger partial charge on any atom is 0.226 e. The van der Waals surface area contributed by atoms with Crippen LogP contribution in [0.4, 0.5) is 0 Å². The highest BCUT2D eigenvalue weighted by Crippen LogP contribution is 2.76. The molecular weight excluding hydrogens is 418 g/mol. The average Bonchev–Trinajstić information content (AvgIpc) is 3.17. The number of allylic oxidation sites excluding steroid dienone is 3. The summed E-state index contributed by atoms with van der Waals surface area (Å²) in [5.41, 5.74) is 1.55. The summed E-state index contributed by atoms with van der Waals surface area (Å²) in [7, 11) is 0. The van der Waals surface area contributed by atoms with E-state index in [-0.39, 0.29) is 27.4 Å². The minimum atomic E-state index is -0.475. The lowest BCUT2D eigenvalue weighted by Gasteiger charge is -2.71. The van der Waals surface area contributed by atoms with Crippen LogP contribution in [0.25, 0.3) is 4.85 Å². The quantitative estimate of drug-likeness (QED) is 0.347. The minimum Gasteiger partial charge on any atom is -0.396 e. The summed E-state index contributed by atoms with van der Waals surface area (Å²) >= 11 is 0. The third-order valence-corrected chi connectivity index (χ3v) is 13.0. The Morgan fingerprint density at radius 1 is 1.03 bits per heavy atom. The fourth-order valence-electron chi connectivity index (χ4n) is 11.1. The number of hydrogen-bond donors (Lipinski definition) is 1. The van der Waals surface area contributed by atoms with Gasteiger partial charge in [-0.15, -0.1) is 0 Å². The van der Waals surface area contributed by atoms with E-state index in [9.17, 15) is 9.90 Å². The van der Waals surface area contributed by atoms with Crippen LogP contribution in [0.2, 0.25) is 0 Å². The smallest absolute Gasteiger partial charge is 0.226 e. The molecule has 5 rings (SSSR count). The van der Waals surface area contributed by atoms with Crippen LogP contribution in [0, 0.1) is 63.2 Å². The summed E-state index contributed by atoms with van der Waals surface area (Å²) < 4.78 is 0. The van der Waals surface area contributed by atoms with Crippen molar-refractivity contribution in [1.82, 2.24) is 0 Å². The first-order chi connectivity index (χ1) is 15.8. The highest BCUT2D eigenvalue weighted by Gasteiger charge is 2.70. The van der Waals surface area contributed by atoms with Crippen LogP contribution in [-0.2, 0) is 4.79 Å². The fourth-order valence-corrected chi connectivity index (χ4v) is 11.1. The summed E-state index contributed by atoms with van der Waals surface area (Å²) in [6.45, 7) is 26.4. The molecule has 3 nitrogen and oxygen atoms in total. The Labute approximate surface area is 207 Å². The van der Waals surface area contributed by atoms with Crippen molar-refractivity contribution in [2.45, 2.75) is 92.9 Å². The van der Waals surface area contributed by atoms with E-state index in [2.05, 4.69) is 59.0 Å². The lowest BCUT2D eigenvalue weighted by Crippen LogP contribution is -2.66. The molecule has 0 amide bonds. The van der Waals surface area contributed by atoms with Crippen LogP contribution in [0.3, 0.4) is 0 Å². The zero-order valence-electron chi connectivity index (χ0n) is 22.3. The summed E-state index contributed by atoms with van der Waals surface area (Å²) in [5.74, 6) is 2.51. The largest absolute Gasteiger partial charge is 0.396 e. The number of Topliss-reactive ketones (excluding diaryl/α,β-unsaturated/α-hetero) is 1. The monoisotopic (exact) mass is 463 g/mol. The van der Waals surface area contributed by atoms with Gasteiger partial charge in [-0.2, -0.15) is 0 Å². The van der Waals surface area contributed by atoms with Crippen molar-refractivity contribution in [3.63, 3.8) is 0 Å². The third kappa shape index (κ3) is 2.70. The number of aliphatic hydroxyl groups is 1. The van der Waals surface area contributed by atoms with Crippen LogP contribution in [0.1, 0.15) is 92.9 Å². The predicted octanol–water partition coefficient (Wildman–Crippen LogP) is 7.23. The van der Waals surface area contributed by atoms with Crippen LogP contribution < -0.4 is 0 Å². The van der Waals surface area contributed by atoms with Gasteiger partial charge in [-0.1, -0.05) is 52.8 Å². The predicted molar refractivity (Wildman–Crippen MR) is 137 cm³/mol. The Hall–Kier alpha value is -1.40. The molecule has 0 aromatic rings. The molecule has 4 fully saturated rings. The van der Waals surface area contributed by atoms with Gasteiger partial charge in [0.1, 0.15) is 0 Å². The number of rotatable bonds is 2. The molecule has 4 saturated carbocycles. The molecule has 0 spiro atoms. The van der Waals surface area contributed by atoms with E-state index in [4.69, 9.17) is 6.57 Å². The van der Waals surface area contributed by atoms with E-state index in [1.165, 1.54) is 31.3 Å². The van der Waals surface area contributed by atoms with Gasteiger partial charge < -0.3 is 9.90 Å². The number of ketones is 1. The second-order valence-corrected chi connectivity index (χ2v) is 14.3. The highest BCUT2D eigenvalue weighted by molar-refractivity contribution is 6.02. The van der Waals surface area contributed by atoms with Gasteiger partial charge in [-0.25, -0.2) is 4.85 Å². The molecule has 0 aromatic heterocycles. The summed E-state index contributed by atoms with van der Waals surface area (Å²) in [6, 6.07) is 0. The zero-order valence-corrected chi connectivity index (χ0v) is 22.3. The van der Waals surface area contributed by atoms with E-state index in [0.29, 0.717) is 41.9 Å². The lowest BCUT2D eigenvalue weighted by atomic mass is 9.33. The van der Waals surface area contributed by atoms with Gasteiger partial charge in [0.2, 0.25) is 5.70 Å². The van der Waals surface area contributed by atoms with Gasteiger partial charge >= 0.3 is 0 Å². The molecule has 5 aliphatic rings. The molecule has 0 heterocycles. The molecular formula is C31H45NO2. The topological polar surface area (TPSA) is 41.7 Å². The van der Waals surface area contributed by atoms with Crippen LogP contribution in [-0.4, -0.2) is 17.5 Å². The van der Waals surface area contributed by atoms with Gasteiger partial charge in [0.25, 0.3) is 0 Å². The van der Waals surface area contributed by atoms with Crippen molar-refractivity contribution in [1.29, 1.82) is 0 Å². The second-order valence-electron chi connectivity index (χ2n) is 14.3. The number of carbonyl (C=O) groups is 1. The second kappa shape index (κ2) is 7.32. The number of nitrogens with zero attached hydrogens (tertiary/aromatic N) is 1. The lowest BCUT2D eigenvalue weighted by molar-refractivity contribution is -0.221. The molecule has 0 radical (unpaired) electrons. The van der Waals surface area contributed by atoms with Crippen molar-refractivity contribution in [3.8, 4) is 0 Å². The van der Waals surface area contributed by atoms with Gasteiger partial charge in [0, 0.05) is 12.0 Å². The summed E-state index contributed by atoms with van der Waals surface area (Å²) in [6.07, 6.45) is 11.4. The Morgan fingerprint density at radius 3 is 2.35 bits per heavy atom. The molecule has 0 unspecified atom stereocenters. The number of hydrogen-bond acceptors (Lipinski definition) is 2. The van der Waals surface area contributed by atoms with Gasteiger partial charge in [0.15, 0.2) is 5.78 Å². The summed E-state index contributed by atoms with van der Waals surface area (Å²) in [5, 5.41) is 10.7. The highest BCUT2D eigenvalue weighted by atomic mass is 16.3. The normalized spacial score (nSPS) is 51.3. The molecule has 5 aliphatic carbocycles. The van der Waals surface area contributed by atoms with E-state index in [1.807, 2.05) is 0 Å². The number of aliphatic hydroxyl groups excluding tert-OH is 1. The van der Waals surface area contributed by atoms with E-state index in [1.54, 1.807) is 0 Å². The molecule has 0 saturated heterocycles. The standard InChI is InChI=1S/C31H45NO2/c1-19(2)20-11-14-31(18-33)16-15-29(6)21(25(20)31)9-10-24-28(5)17-22(32-8)26(34)27(3,4)23(28)12-13-30(24,29)7/h17,20-21,23-25,33H,1,9-16,18H2,2-7H3/t20-,21+,23-,24+,25+,28-,29+,30+,31+/m0/s1. The van der Waals surface area contributed by atoms with Crippen molar-refractivity contribution >= 4 is 5.78 Å². The van der Waals surface area contributed by atoms with Crippen molar-refractivity contribution in [2.24, 2.45) is 56.7 Å². The first-order valence-corrected chi connectivity index (χ1v) is 13.7. The minimum absolute atomic E-state index is 0.0501. The van der Waals surface area contributed by atoms with Gasteiger partial charge in [0.05, 0.1) is 6.57 Å². The number of carbonyl (C=O) groups excluding carboxylic acids is 1. The zero-order chi connectivity index (χ0) is 24.9. The molecule has 0 aromatic carbocycles. The Balaban J connectivity index is 1.61. The SMILES string of the molecule is [C-]#[N+]C1=C[C@]2(C)[C@H]3CC[C@@H]4[C@H]5[C@H](C(=C)C)CC[C@]5(CO)CC[C@@]4(C)[C@]3(C)CC[C@H]2C(C)(C)C1=O. The average molecular weight is 464 g/mol. The summed E-state index contributed by atoms with van der Waals surface area (Å²) in [4.78, 5) is 16.9. The molecule has 1 N–H and O–H groups in total. The van der Waals surface area contributed by atoms with E-state index < -0.39 is 5.41 Å². The third-order valence-electron chi connectivity index (χ3n) is 13.0. The van der Waals surface area contributed by atoms with E-state index >= 15 is 0 Å². The molecule has 0 bridgehead atoms. The maximum atomic E-state index is 13.2. The molecule has 3 heteroatoms. The molecule has 34 heavy (non-hydrogen) atoms. The Kier molecular flexibility index (Phi) is 5.23. The molecule has 9 atom stereocenters. The van der Waals surface area contributed by atoms with Crippen LogP contribution >= 0.6 is 0 Å². The maximum absolute atomic E-state index is 13.2. The van der Waals surface area contributed by atoms with Crippen molar-refractivity contribution < 1.29 is 9.90 Å². The van der Waals surface area contributed by atoms with Crippen molar-refractivity contribution in [3.05, 3.63) is 35.3 Å². The Morgan fingerprint density at radius 2 is 1.74 bits per heavy atom. The Bertz CT molecular complexity index is 1000. The molecule has 186 valence electrons. The first-order valence-electron chi connectivity index (χ1n) is 13.7. The first kappa shape index (κ1) is 24.3. The van der Waals surface area contributed by atoms with Gasteiger partial charge in [-0.3, -0.25) is 0 Å². The van der Waals surface area contributed by atoms with Crippen LogP contribution in [0.5, 0.6) is 0 Å². The van der Waals surface area contributed by atoms with Crippen molar-refractivity contribution in [2.75, 3.05) is 6.61 Å². The van der Waals surface area contributed by atoms with E-state index in [0.717, 1.165) is 25.7 Å². The van der Waals surface area contributed by atoms with Crippen LogP contribution in [0.15, 0.2) is 23.9 Å². The van der Waals surface area contributed by atoms with Gasteiger partial charge in [-0.05, 0) is 110 Å². The number of fused-ring (bicyclic) bond motifs is 7. The fraction of sp³-hybridized carbons (Fsp3) is 0.806.